The topological polar surface area (TPSA) is 65.1 Å². The predicted octanol–water partition coefficient (Wildman–Crippen LogP) is 1.04. The number of halogens is 3. The molecule has 0 radical (unpaired) electrons. The van der Waals surface area contributed by atoms with Crippen molar-refractivity contribution < 1.29 is 27.5 Å². The fourth-order valence-corrected chi connectivity index (χ4v) is 4.25. The van der Waals surface area contributed by atoms with Crippen molar-refractivity contribution in [3.63, 3.8) is 0 Å². The molecule has 3 rings (SSSR count). The Bertz CT molecular complexity index is 554. The lowest BCUT2D eigenvalue weighted by molar-refractivity contribution is -0.192. The highest BCUT2D eigenvalue weighted by Gasteiger charge is 2.49. The second-order valence-corrected chi connectivity index (χ2v) is 7.45. The van der Waals surface area contributed by atoms with Crippen LogP contribution in [0.5, 0.6) is 0 Å². The normalized spacial score (nSPS) is 27.3. The standard InChI is InChI=1S/C17H27F3N4O3/c1-21-12-2-6-22(10-12)16(26)23-7-3-14(11-23)24(15(25)17(18,19)20)13-4-8-27-9-5-13/h12-14,21H,2-11H2,1H3/t12-,14+/m0/s1. The molecule has 0 spiro atoms. The minimum atomic E-state index is -4.91. The number of amides is 3. The summed E-state index contributed by atoms with van der Waals surface area (Å²) in [5.41, 5.74) is 0. The Labute approximate surface area is 156 Å². The zero-order chi connectivity index (χ0) is 19.6. The lowest BCUT2D eigenvalue weighted by atomic mass is 10.0. The first-order chi connectivity index (χ1) is 12.8. The Morgan fingerprint density at radius 3 is 2.22 bits per heavy atom. The summed E-state index contributed by atoms with van der Waals surface area (Å²) >= 11 is 0. The summed E-state index contributed by atoms with van der Waals surface area (Å²) in [4.78, 5) is 29.1. The molecule has 7 nitrogen and oxygen atoms in total. The van der Waals surface area contributed by atoms with Crippen molar-refractivity contribution >= 4 is 11.9 Å². The van der Waals surface area contributed by atoms with Crippen molar-refractivity contribution in [1.82, 2.24) is 20.0 Å². The number of likely N-dealkylation sites (tertiary alicyclic amines) is 2. The van der Waals surface area contributed by atoms with Crippen LogP contribution in [0.15, 0.2) is 0 Å². The molecule has 0 aliphatic carbocycles. The lowest BCUT2D eigenvalue weighted by Crippen LogP contribution is -2.55. The summed E-state index contributed by atoms with van der Waals surface area (Å²) in [6.45, 7) is 2.45. The van der Waals surface area contributed by atoms with Gasteiger partial charge in [0.15, 0.2) is 0 Å². The summed E-state index contributed by atoms with van der Waals surface area (Å²) in [5, 5.41) is 3.14. The molecule has 2 atom stereocenters. The summed E-state index contributed by atoms with van der Waals surface area (Å²) in [7, 11) is 1.85. The monoisotopic (exact) mass is 392 g/mol. The van der Waals surface area contributed by atoms with Gasteiger partial charge in [-0.1, -0.05) is 0 Å². The van der Waals surface area contributed by atoms with E-state index in [0.717, 1.165) is 11.3 Å². The van der Waals surface area contributed by atoms with Gasteiger partial charge in [0, 0.05) is 51.5 Å². The molecule has 154 valence electrons. The van der Waals surface area contributed by atoms with E-state index in [-0.39, 0.29) is 18.6 Å². The van der Waals surface area contributed by atoms with Gasteiger partial charge in [-0.2, -0.15) is 13.2 Å². The number of likely N-dealkylation sites (N-methyl/N-ethyl adjacent to an activating group) is 1. The lowest BCUT2D eigenvalue weighted by Gasteiger charge is -2.38. The highest BCUT2D eigenvalue weighted by Crippen LogP contribution is 2.29. The van der Waals surface area contributed by atoms with Crippen LogP contribution < -0.4 is 5.32 Å². The van der Waals surface area contributed by atoms with Crippen LogP contribution in [0.4, 0.5) is 18.0 Å². The van der Waals surface area contributed by atoms with Crippen LogP contribution in [0.25, 0.3) is 0 Å². The van der Waals surface area contributed by atoms with Gasteiger partial charge in [-0.25, -0.2) is 4.79 Å². The molecule has 0 aromatic rings. The fourth-order valence-electron chi connectivity index (χ4n) is 4.25. The quantitative estimate of drug-likeness (QED) is 0.780. The van der Waals surface area contributed by atoms with E-state index in [1.807, 2.05) is 7.05 Å². The van der Waals surface area contributed by atoms with E-state index in [4.69, 9.17) is 4.74 Å². The molecular weight excluding hydrogens is 365 g/mol. The van der Waals surface area contributed by atoms with E-state index < -0.39 is 24.2 Å². The average Bonchev–Trinajstić information content (AvgIpc) is 3.31. The van der Waals surface area contributed by atoms with Crippen molar-refractivity contribution in [3.05, 3.63) is 0 Å². The van der Waals surface area contributed by atoms with Crippen molar-refractivity contribution in [2.24, 2.45) is 0 Å². The number of alkyl halides is 3. The molecular formula is C17H27F3N4O3. The van der Waals surface area contributed by atoms with Crippen LogP contribution in [0.1, 0.15) is 25.7 Å². The van der Waals surface area contributed by atoms with Crippen LogP contribution in [0, 0.1) is 0 Å². The molecule has 0 bridgehead atoms. The number of rotatable bonds is 3. The van der Waals surface area contributed by atoms with E-state index in [1.54, 1.807) is 9.80 Å². The van der Waals surface area contributed by atoms with Gasteiger partial charge in [0.05, 0.1) is 6.04 Å². The second-order valence-electron chi connectivity index (χ2n) is 7.45. The molecule has 3 fully saturated rings. The Morgan fingerprint density at radius 2 is 1.63 bits per heavy atom. The van der Waals surface area contributed by atoms with E-state index in [1.165, 1.54) is 0 Å². The van der Waals surface area contributed by atoms with Crippen LogP contribution in [0.2, 0.25) is 0 Å². The third-order valence-electron chi connectivity index (χ3n) is 5.76. The summed E-state index contributed by atoms with van der Waals surface area (Å²) in [6, 6.07) is -0.998. The number of nitrogens with zero attached hydrogens (tertiary/aromatic N) is 3. The molecule has 1 N–H and O–H groups in total. The number of hydrogen-bond donors (Lipinski definition) is 1. The van der Waals surface area contributed by atoms with E-state index in [0.29, 0.717) is 52.1 Å². The first-order valence-electron chi connectivity index (χ1n) is 9.49. The van der Waals surface area contributed by atoms with Gasteiger partial charge >= 0.3 is 18.1 Å². The summed E-state index contributed by atoms with van der Waals surface area (Å²) in [6.07, 6.45) is -2.90. The number of urea groups is 1. The van der Waals surface area contributed by atoms with Crippen molar-refractivity contribution in [2.75, 3.05) is 46.4 Å². The van der Waals surface area contributed by atoms with Gasteiger partial charge < -0.3 is 24.8 Å². The van der Waals surface area contributed by atoms with E-state index in [2.05, 4.69) is 5.32 Å². The maximum Gasteiger partial charge on any atom is 0.471 e. The van der Waals surface area contributed by atoms with Crippen LogP contribution >= 0.6 is 0 Å². The summed E-state index contributed by atoms with van der Waals surface area (Å²) < 4.78 is 44.7. The molecule has 0 aromatic heterocycles. The maximum absolute atomic E-state index is 13.2. The molecule has 3 aliphatic heterocycles. The van der Waals surface area contributed by atoms with Gasteiger partial charge in [0.1, 0.15) is 0 Å². The third kappa shape index (κ3) is 4.48. The molecule has 0 saturated carbocycles. The SMILES string of the molecule is CN[C@H]1CCN(C(=O)N2CC[C@@H](N(C(=O)C(F)(F)F)C3CCOCC3)C2)C1. The molecule has 3 heterocycles. The van der Waals surface area contributed by atoms with E-state index >= 15 is 0 Å². The Hall–Kier alpha value is -1.55. The number of carbonyl (C=O) groups is 2. The van der Waals surface area contributed by atoms with Gasteiger partial charge in [-0.05, 0) is 32.7 Å². The van der Waals surface area contributed by atoms with Gasteiger partial charge in [-0.3, -0.25) is 4.79 Å². The molecule has 3 saturated heterocycles. The molecule has 0 aromatic carbocycles. The highest BCUT2D eigenvalue weighted by atomic mass is 19.4. The zero-order valence-corrected chi connectivity index (χ0v) is 15.5. The van der Waals surface area contributed by atoms with Gasteiger partial charge in [-0.15, -0.1) is 0 Å². The minimum absolute atomic E-state index is 0.151. The van der Waals surface area contributed by atoms with Crippen LogP contribution in [-0.4, -0.2) is 97.4 Å². The minimum Gasteiger partial charge on any atom is -0.381 e. The first kappa shape index (κ1) is 20.2. The number of hydrogen-bond acceptors (Lipinski definition) is 4. The number of nitrogens with one attached hydrogen (secondary N) is 1. The fraction of sp³-hybridized carbons (Fsp3) is 0.882. The molecule has 27 heavy (non-hydrogen) atoms. The number of ether oxygens (including phenoxy) is 1. The van der Waals surface area contributed by atoms with E-state index in [9.17, 15) is 22.8 Å². The Morgan fingerprint density at radius 1 is 1.00 bits per heavy atom. The second kappa shape index (κ2) is 8.22. The third-order valence-corrected chi connectivity index (χ3v) is 5.76. The molecule has 3 amide bonds. The van der Waals surface area contributed by atoms with Gasteiger partial charge in [0.25, 0.3) is 0 Å². The Kier molecular flexibility index (Phi) is 6.15. The van der Waals surface area contributed by atoms with Crippen LogP contribution in [-0.2, 0) is 9.53 Å². The van der Waals surface area contributed by atoms with Crippen molar-refractivity contribution in [2.45, 2.75) is 50.0 Å². The Balaban J connectivity index is 1.67. The first-order valence-corrected chi connectivity index (χ1v) is 9.49. The maximum atomic E-state index is 13.2. The van der Waals surface area contributed by atoms with Crippen molar-refractivity contribution in [1.29, 1.82) is 0 Å². The highest BCUT2D eigenvalue weighted by molar-refractivity contribution is 5.83. The predicted molar refractivity (Wildman–Crippen MR) is 91.2 cm³/mol. The smallest absolute Gasteiger partial charge is 0.381 e. The van der Waals surface area contributed by atoms with Crippen molar-refractivity contribution in [3.8, 4) is 0 Å². The largest absolute Gasteiger partial charge is 0.471 e. The molecule has 10 heteroatoms. The summed E-state index contributed by atoms with van der Waals surface area (Å²) in [5.74, 6) is -1.80. The molecule has 3 aliphatic rings. The molecule has 0 unspecified atom stereocenters. The average molecular weight is 392 g/mol. The van der Waals surface area contributed by atoms with Crippen LogP contribution in [0.3, 0.4) is 0 Å². The van der Waals surface area contributed by atoms with Gasteiger partial charge in [0.2, 0.25) is 0 Å². The zero-order valence-electron chi connectivity index (χ0n) is 15.5. The number of carbonyl (C=O) groups excluding carboxylic acids is 2.